The second kappa shape index (κ2) is 16.3. The normalized spacial score (nSPS) is 11.7. The van der Waals surface area contributed by atoms with Gasteiger partial charge in [-0.25, -0.2) is 0 Å². The maximum absolute atomic E-state index is 2.44. The van der Waals surface area contributed by atoms with E-state index in [4.69, 9.17) is 0 Å². The molecule has 0 saturated heterocycles. The molecule has 0 heterocycles. The highest BCUT2D eigenvalue weighted by molar-refractivity contribution is 6.25. The number of rotatable bonds is 6. The van der Waals surface area contributed by atoms with E-state index in [0.29, 0.717) is 0 Å². The van der Waals surface area contributed by atoms with Crippen molar-refractivity contribution in [1.82, 2.24) is 0 Å². The zero-order chi connectivity index (χ0) is 46.1. The molecular weight excluding hydrogens is 841 g/mol. The molecule has 0 nitrogen and oxygen atoms in total. The molecule has 0 heteroatoms. The lowest BCUT2D eigenvalue weighted by atomic mass is 9.85. The first-order valence-corrected chi connectivity index (χ1v) is 24.3. The molecule has 14 aromatic carbocycles. The predicted molar refractivity (Wildman–Crippen MR) is 302 cm³/mol. The van der Waals surface area contributed by atoms with Gasteiger partial charge < -0.3 is 0 Å². The summed E-state index contributed by atoms with van der Waals surface area (Å²) in [6.45, 7) is 0. The van der Waals surface area contributed by atoms with Crippen LogP contribution >= 0.6 is 0 Å². The van der Waals surface area contributed by atoms with E-state index >= 15 is 0 Å². The van der Waals surface area contributed by atoms with Crippen LogP contribution in [0.25, 0.3) is 142 Å². The van der Waals surface area contributed by atoms with Crippen molar-refractivity contribution in [2.24, 2.45) is 0 Å². The van der Waals surface area contributed by atoms with Crippen molar-refractivity contribution in [1.29, 1.82) is 0 Å². The second-order valence-electron chi connectivity index (χ2n) is 18.6. The number of hydrogen-bond donors (Lipinski definition) is 0. The summed E-state index contributed by atoms with van der Waals surface area (Å²) in [6, 6.07) is 98.7. The Balaban J connectivity index is 0.900. The van der Waals surface area contributed by atoms with Crippen molar-refractivity contribution in [2.75, 3.05) is 0 Å². The lowest BCUT2D eigenvalue weighted by molar-refractivity contribution is 1.63. The van der Waals surface area contributed by atoms with Gasteiger partial charge in [-0.15, -0.1) is 0 Å². The van der Waals surface area contributed by atoms with Gasteiger partial charge in [0.05, 0.1) is 0 Å². The largest absolute Gasteiger partial charge is 0.0622 e. The fourth-order valence-electron chi connectivity index (χ4n) is 11.8. The third-order valence-electron chi connectivity index (χ3n) is 14.8. The van der Waals surface area contributed by atoms with Crippen LogP contribution in [0.15, 0.2) is 267 Å². The first kappa shape index (κ1) is 40.0. The molecule has 70 heavy (non-hydrogen) atoms. The Morgan fingerprint density at radius 2 is 0.329 bits per heavy atom. The lowest BCUT2D eigenvalue weighted by Crippen LogP contribution is -1.92. The first-order chi connectivity index (χ1) is 34.8. The average molecular weight is 885 g/mol. The number of fused-ring (bicyclic) bond motifs is 9. The minimum Gasteiger partial charge on any atom is -0.0622 e. The summed E-state index contributed by atoms with van der Waals surface area (Å²) in [5.74, 6) is 0. The molecule has 324 valence electrons. The van der Waals surface area contributed by atoms with Crippen LogP contribution in [0.5, 0.6) is 0 Å². The second-order valence-corrected chi connectivity index (χ2v) is 18.6. The van der Waals surface area contributed by atoms with E-state index in [9.17, 15) is 0 Å². The van der Waals surface area contributed by atoms with E-state index in [0.717, 1.165) is 0 Å². The molecule has 0 aromatic heterocycles. The third kappa shape index (κ3) is 6.31. The van der Waals surface area contributed by atoms with Crippen LogP contribution in [0.4, 0.5) is 0 Å². The lowest BCUT2D eigenvalue weighted by Gasteiger charge is -2.19. The molecular formula is C70H44. The summed E-state index contributed by atoms with van der Waals surface area (Å²) < 4.78 is 0. The van der Waals surface area contributed by atoms with Crippen LogP contribution in [-0.2, 0) is 0 Å². The van der Waals surface area contributed by atoms with Crippen molar-refractivity contribution >= 4 is 75.4 Å². The molecule has 0 aliphatic carbocycles. The highest BCUT2D eigenvalue weighted by Gasteiger charge is 2.20. The van der Waals surface area contributed by atoms with Crippen LogP contribution in [0, 0.1) is 0 Å². The molecule has 0 saturated carbocycles. The van der Waals surface area contributed by atoms with Crippen LogP contribution in [0.3, 0.4) is 0 Å². The molecule has 0 fully saturated rings. The molecule has 0 atom stereocenters. The molecule has 0 unspecified atom stereocenters. The smallest absolute Gasteiger partial charge is 0.00264 e. The van der Waals surface area contributed by atoms with Gasteiger partial charge in [-0.05, 0) is 154 Å². The molecule has 0 aliphatic rings. The van der Waals surface area contributed by atoms with E-state index < -0.39 is 0 Å². The van der Waals surface area contributed by atoms with Gasteiger partial charge in [0.15, 0.2) is 0 Å². The highest BCUT2D eigenvalue weighted by Crippen LogP contribution is 2.47. The van der Waals surface area contributed by atoms with E-state index in [1.54, 1.807) is 0 Å². The molecule has 0 aliphatic heterocycles. The zero-order valence-corrected chi connectivity index (χ0v) is 38.4. The van der Waals surface area contributed by atoms with Gasteiger partial charge in [0.1, 0.15) is 0 Å². The predicted octanol–water partition coefficient (Wildman–Crippen LogP) is 19.8. The Kier molecular flexibility index (Phi) is 9.32. The molecule has 14 aromatic rings. The van der Waals surface area contributed by atoms with Crippen LogP contribution in [0.2, 0.25) is 0 Å². The Morgan fingerprint density at radius 3 is 0.600 bits per heavy atom. The van der Waals surface area contributed by atoms with Crippen molar-refractivity contribution in [2.45, 2.75) is 0 Å². The number of hydrogen-bond acceptors (Lipinski definition) is 0. The fourth-order valence-corrected chi connectivity index (χ4v) is 11.8. The van der Waals surface area contributed by atoms with Gasteiger partial charge in [0.25, 0.3) is 0 Å². The Labute approximate surface area is 407 Å². The van der Waals surface area contributed by atoms with Gasteiger partial charge in [-0.1, -0.05) is 255 Å². The SMILES string of the molecule is c1ccc(-c2c3ccccc3c(-c3ccc(-c4cc5c6ccccc6c(-c6ccc(-c7c8ccccc8c(-c8ccccc8)c8ccccc78)cc6)cc5c5ccccc45)cc3)c3ccccc23)cc1. The van der Waals surface area contributed by atoms with Gasteiger partial charge >= 0.3 is 0 Å². The maximum Gasteiger partial charge on any atom is -0.00264 e. The summed E-state index contributed by atoms with van der Waals surface area (Å²) >= 11 is 0. The monoisotopic (exact) mass is 884 g/mol. The Hall–Kier alpha value is -9.10. The summed E-state index contributed by atoms with van der Waals surface area (Å²) in [5.41, 5.74) is 14.9. The third-order valence-corrected chi connectivity index (χ3v) is 14.8. The van der Waals surface area contributed by atoms with E-state index in [1.807, 2.05) is 0 Å². The first-order valence-electron chi connectivity index (χ1n) is 24.3. The highest BCUT2D eigenvalue weighted by atomic mass is 14.2. The maximum atomic E-state index is 2.44. The molecule has 0 radical (unpaired) electrons. The van der Waals surface area contributed by atoms with Crippen molar-refractivity contribution in [3.63, 3.8) is 0 Å². The molecule has 0 amide bonds. The molecule has 0 bridgehead atoms. The molecule has 0 spiro atoms. The minimum atomic E-state index is 1.21. The van der Waals surface area contributed by atoms with Crippen molar-refractivity contribution in [3.8, 4) is 66.8 Å². The number of benzene rings is 14. The Bertz CT molecular complexity index is 3960. The van der Waals surface area contributed by atoms with Crippen LogP contribution in [-0.4, -0.2) is 0 Å². The van der Waals surface area contributed by atoms with Gasteiger partial charge in [-0.3, -0.25) is 0 Å². The molecule has 0 N–H and O–H groups in total. The van der Waals surface area contributed by atoms with Crippen LogP contribution < -0.4 is 0 Å². The minimum absolute atomic E-state index is 1.21. The van der Waals surface area contributed by atoms with Gasteiger partial charge in [0, 0.05) is 0 Å². The fraction of sp³-hybridized carbons (Fsp3) is 0. The van der Waals surface area contributed by atoms with E-state index in [-0.39, 0.29) is 0 Å². The van der Waals surface area contributed by atoms with E-state index in [2.05, 4.69) is 267 Å². The quantitative estimate of drug-likeness (QED) is 0.115. The Morgan fingerprint density at radius 1 is 0.129 bits per heavy atom. The summed E-state index contributed by atoms with van der Waals surface area (Å²) in [6.07, 6.45) is 0. The van der Waals surface area contributed by atoms with Crippen molar-refractivity contribution < 1.29 is 0 Å². The zero-order valence-electron chi connectivity index (χ0n) is 38.4. The summed E-state index contributed by atoms with van der Waals surface area (Å²) in [5, 5.41) is 17.7. The van der Waals surface area contributed by atoms with E-state index in [1.165, 1.54) is 142 Å². The van der Waals surface area contributed by atoms with Gasteiger partial charge in [-0.2, -0.15) is 0 Å². The van der Waals surface area contributed by atoms with Crippen molar-refractivity contribution in [3.05, 3.63) is 267 Å². The summed E-state index contributed by atoms with van der Waals surface area (Å²) in [7, 11) is 0. The summed E-state index contributed by atoms with van der Waals surface area (Å²) in [4.78, 5) is 0. The van der Waals surface area contributed by atoms with Gasteiger partial charge in [0.2, 0.25) is 0 Å². The standard InChI is InChI=1S/C70H44/c1-3-19-47(20-4-1)67-55-27-11-15-31-59(55)69(60-32-16-12-28-56(60)67)49-39-35-45(36-40-49)63-43-65-54-26-10-8-24-52(54)64(44-66(65)53-25-9-7-23-51(53)63)46-37-41-50(42-38-46)70-61-33-17-13-29-57(61)68(48-21-5-2-6-22-48)58-30-14-18-34-62(58)70/h1-44H. The van der Waals surface area contributed by atoms with Crippen LogP contribution in [0.1, 0.15) is 0 Å². The average Bonchev–Trinajstić information content (AvgIpc) is 3.44. The topological polar surface area (TPSA) is 0 Å². The molecule has 14 rings (SSSR count).